The van der Waals surface area contributed by atoms with Crippen LogP contribution in [0.3, 0.4) is 0 Å². The molecule has 0 saturated carbocycles. The summed E-state index contributed by atoms with van der Waals surface area (Å²) >= 11 is 5.96. The van der Waals surface area contributed by atoms with E-state index in [1.54, 1.807) is 18.0 Å². The number of carbonyl (C=O) groups excluding carboxylic acids is 1. The average molecular weight is 419 g/mol. The number of aromatic amines is 1. The van der Waals surface area contributed by atoms with Crippen LogP contribution in [0.25, 0.3) is 0 Å². The van der Waals surface area contributed by atoms with Crippen molar-refractivity contribution in [1.29, 1.82) is 5.26 Å². The smallest absolute Gasteiger partial charge is 0.330 e. The summed E-state index contributed by atoms with van der Waals surface area (Å²) in [6.07, 6.45) is 1.69. The fourth-order valence-corrected chi connectivity index (χ4v) is 3.00. The maximum Gasteiger partial charge on any atom is 0.330 e. The summed E-state index contributed by atoms with van der Waals surface area (Å²) in [4.78, 5) is 40.3. The predicted octanol–water partition coefficient (Wildman–Crippen LogP) is 1.91. The number of hydrogen-bond acceptors (Lipinski definition) is 6. The van der Waals surface area contributed by atoms with Crippen LogP contribution in [0.4, 0.5) is 17.2 Å². The molecule has 0 aliphatic rings. The van der Waals surface area contributed by atoms with Crippen molar-refractivity contribution in [1.82, 2.24) is 9.55 Å². The fourth-order valence-electron chi connectivity index (χ4n) is 2.77. The number of nitrogens with one attached hydrogen (secondary N) is 2. The Morgan fingerprint density at radius 3 is 2.76 bits per heavy atom. The Balaban J connectivity index is 2.08. The molecular weight excluding hydrogens is 396 g/mol. The number of aromatic nitrogens is 2. The number of nitrogens with zero attached hydrogens (tertiary/aromatic N) is 3. The first-order chi connectivity index (χ1) is 13.8. The number of nitriles is 1. The van der Waals surface area contributed by atoms with Gasteiger partial charge in [-0.25, -0.2) is 4.79 Å². The van der Waals surface area contributed by atoms with Crippen molar-refractivity contribution in [3.8, 4) is 6.07 Å². The summed E-state index contributed by atoms with van der Waals surface area (Å²) in [5, 5.41) is 11.8. The number of halogens is 1. The minimum atomic E-state index is -0.595. The third-order valence-corrected chi connectivity index (χ3v) is 4.69. The Kier molecular flexibility index (Phi) is 7.45. The summed E-state index contributed by atoms with van der Waals surface area (Å²) in [7, 11) is 1.63. The molecule has 0 fully saturated rings. The van der Waals surface area contributed by atoms with Crippen LogP contribution in [0.1, 0.15) is 31.7 Å². The lowest BCUT2D eigenvalue weighted by Gasteiger charge is -2.21. The molecule has 0 aliphatic carbocycles. The second-order valence-electron chi connectivity index (χ2n) is 6.52. The number of amides is 1. The second kappa shape index (κ2) is 9.80. The molecule has 2 rings (SSSR count). The molecule has 29 heavy (non-hydrogen) atoms. The van der Waals surface area contributed by atoms with Crippen LogP contribution in [-0.2, 0) is 11.3 Å². The highest BCUT2D eigenvalue weighted by molar-refractivity contribution is 6.32. The molecule has 2 aromatic rings. The van der Waals surface area contributed by atoms with E-state index in [4.69, 9.17) is 22.6 Å². The van der Waals surface area contributed by atoms with Crippen LogP contribution in [0.15, 0.2) is 27.8 Å². The first kappa shape index (κ1) is 22.0. The van der Waals surface area contributed by atoms with Crippen molar-refractivity contribution < 1.29 is 4.79 Å². The molecule has 1 heterocycles. The maximum absolute atomic E-state index is 12.2. The Bertz CT molecular complexity index is 1050. The van der Waals surface area contributed by atoms with E-state index < -0.39 is 11.2 Å². The highest BCUT2D eigenvalue weighted by atomic mass is 35.5. The Morgan fingerprint density at radius 2 is 2.14 bits per heavy atom. The lowest BCUT2D eigenvalue weighted by molar-refractivity contribution is -0.116. The van der Waals surface area contributed by atoms with Crippen LogP contribution in [0, 0.1) is 11.3 Å². The van der Waals surface area contributed by atoms with Gasteiger partial charge in [0.05, 0.1) is 10.6 Å². The van der Waals surface area contributed by atoms with E-state index in [-0.39, 0.29) is 35.4 Å². The number of hydrogen-bond donors (Lipinski definition) is 3. The van der Waals surface area contributed by atoms with Gasteiger partial charge in [-0.15, -0.1) is 0 Å². The first-order valence-corrected chi connectivity index (χ1v) is 9.49. The minimum Gasteiger partial charge on any atom is -0.383 e. The van der Waals surface area contributed by atoms with Crippen molar-refractivity contribution in [3.63, 3.8) is 0 Å². The summed E-state index contributed by atoms with van der Waals surface area (Å²) in [5.41, 5.74) is 5.85. The summed E-state index contributed by atoms with van der Waals surface area (Å²) in [6.45, 7) is 2.59. The number of nitrogen functional groups attached to an aromatic ring is 1. The quantitative estimate of drug-likeness (QED) is 0.598. The van der Waals surface area contributed by atoms with Crippen LogP contribution in [0.2, 0.25) is 5.02 Å². The van der Waals surface area contributed by atoms with Crippen LogP contribution in [-0.4, -0.2) is 29.1 Å². The van der Waals surface area contributed by atoms with Gasteiger partial charge in [-0.3, -0.25) is 19.1 Å². The zero-order chi connectivity index (χ0) is 21.6. The number of anilines is 3. The number of benzene rings is 1. The molecule has 0 radical (unpaired) electrons. The van der Waals surface area contributed by atoms with E-state index >= 15 is 0 Å². The molecule has 0 spiro atoms. The van der Waals surface area contributed by atoms with Crippen LogP contribution in [0.5, 0.6) is 0 Å². The molecule has 10 heteroatoms. The first-order valence-electron chi connectivity index (χ1n) is 9.11. The van der Waals surface area contributed by atoms with Gasteiger partial charge >= 0.3 is 5.69 Å². The molecule has 1 aromatic carbocycles. The largest absolute Gasteiger partial charge is 0.383 e. The molecule has 0 atom stereocenters. The van der Waals surface area contributed by atoms with Gasteiger partial charge in [-0.2, -0.15) is 5.26 Å². The Labute approximate surface area is 172 Å². The summed E-state index contributed by atoms with van der Waals surface area (Å²) in [6, 6.07) is 6.54. The average Bonchev–Trinajstić information content (AvgIpc) is 2.66. The number of H-pyrrole nitrogens is 1. The fraction of sp³-hybridized carbons (Fsp3) is 0.368. The van der Waals surface area contributed by atoms with Gasteiger partial charge in [0.15, 0.2) is 0 Å². The van der Waals surface area contributed by atoms with Gasteiger partial charge in [0, 0.05) is 32.2 Å². The number of carbonyl (C=O) groups is 1. The monoisotopic (exact) mass is 418 g/mol. The molecule has 9 nitrogen and oxygen atoms in total. The van der Waals surface area contributed by atoms with E-state index in [9.17, 15) is 14.4 Å². The standard InChI is InChI=1S/C19H23ClN6O3/c1-3-4-8-26-17(22)16(18(28)24-19(26)29)25(2)9-7-15(27)23-13-6-5-12(11-21)14(20)10-13/h5-6,10H,3-4,7-9,22H2,1-2H3,(H,23,27)(H,24,28,29). The molecule has 1 aromatic heterocycles. The number of nitrogens with two attached hydrogens (primary N) is 1. The van der Waals surface area contributed by atoms with E-state index in [0.717, 1.165) is 12.8 Å². The van der Waals surface area contributed by atoms with E-state index in [1.807, 2.05) is 13.0 Å². The van der Waals surface area contributed by atoms with Crippen molar-refractivity contribution in [3.05, 3.63) is 49.6 Å². The molecular formula is C19H23ClN6O3. The lowest BCUT2D eigenvalue weighted by Crippen LogP contribution is -2.38. The van der Waals surface area contributed by atoms with Gasteiger partial charge in [0.25, 0.3) is 5.56 Å². The highest BCUT2D eigenvalue weighted by Crippen LogP contribution is 2.20. The molecule has 0 unspecified atom stereocenters. The predicted molar refractivity (Wildman–Crippen MR) is 113 cm³/mol. The Hall–Kier alpha value is -3.25. The van der Waals surface area contributed by atoms with Crippen LogP contribution < -0.4 is 27.2 Å². The topological polar surface area (TPSA) is 137 Å². The number of unbranched alkanes of at least 4 members (excludes halogenated alkanes) is 1. The minimum absolute atomic E-state index is 0.0705. The van der Waals surface area contributed by atoms with E-state index in [2.05, 4.69) is 10.3 Å². The Morgan fingerprint density at radius 1 is 1.41 bits per heavy atom. The van der Waals surface area contributed by atoms with Crippen molar-refractivity contribution in [2.75, 3.05) is 29.5 Å². The molecule has 0 bridgehead atoms. The molecule has 1 amide bonds. The van der Waals surface area contributed by atoms with E-state index in [0.29, 0.717) is 17.8 Å². The lowest BCUT2D eigenvalue weighted by atomic mass is 10.2. The number of rotatable bonds is 8. The van der Waals surface area contributed by atoms with E-state index in [1.165, 1.54) is 16.7 Å². The third-order valence-electron chi connectivity index (χ3n) is 4.38. The van der Waals surface area contributed by atoms with Gasteiger partial charge in [-0.05, 0) is 24.6 Å². The van der Waals surface area contributed by atoms with Crippen LogP contribution >= 0.6 is 11.6 Å². The summed E-state index contributed by atoms with van der Waals surface area (Å²) < 4.78 is 1.33. The second-order valence-corrected chi connectivity index (χ2v) is 6.93. The van der Waals surface area contributed by atoms with Gasteiger partial charge in [0.1, 0.15) is 17.6 Å². The summed E-state index contributed by atoms with van der Waals surface area (Å²) in [5.74, 6) is -0.221. The molecule has 154 valence electrons. The normalized spacial score (nSPS) is 10.4. The SMILES string of the molecule is CCCCn1c(N)c(N(C)CCC(=O)Nc2ccc(C#N)c(Cl)c2)c(=O)[nH]c1=O. The molecule has 0 aliphatic heterocycles. The molecule has 4 N–H and O–H groups in total. The zero-order valence-corrected chi connectivity index (χ0v) is 17.0. The van der Waals surface area contributed by atoms with Crippen molar-refractivity contribution >= 4 is 34.7 Å². The van der Waals surface area contributed by atoms with Crippen molar-refractivity contribution in [2.45, 2.75) is 32.7 Å². The highest BCUT2D eigenvalue weighted by Gasteiger charge is 2.17. The maximum atomic E-state index is 12.2. The van der Waals surface area contributed by atoms with Gasteiger partial charge < -0.3 is 16.0 Å². The van der Waals surface area contributed by atoms with Gasteiger partial charge in [0.2, 0.25) is 5.91 Å². The third kappa shape index (κ3) is 5.39. The van der Waals surface area contributed by atoms with Gasteiger partial charge in [-0.1, -0.05) is 24.9 Å². The molecule has 0 saturated heterocycles. The van der Waals surface area contributed by atoms with Crippen molar-refractivity contribution in [2.24, 2.45) is 0 Å². The zero-order valence-electron chi connectivity index (χ0n) is 16.3.